The molecule has 0 aliphatic carbocycles. The average molecular weight is 288 g/mol. The second-order valence-corrected chi connectivity index (χ2v) is 4.55. The Balaban J connectivity index is 2.09. The van der Waals surface area contributed by atoms with E-state index in [0.29, 0.717) is 18.4 Å². The number of nitrogens with zero attached hydrogens (tertiary/aromatic N) is 4. The van der Waals surface area contributed by atoms with Crippen LogP contribution in [0.3, 0.4) is 0 Å². The van der Waals surface area contributed by atoms with Crippen LogP contribution in [0, 0.1) is 6.92 Å². The number of ether oxygens (including phenoxy) is 1. The minimum atomic E-state index is 0.289. The lowest BCUT2D eigenvalue weighted by atomic mass is 10.1. The quantitative estimate of drug-likeness (QED) is 0.806. The van der Waals surface area contributed by atoms with Crippen molar-refractivity contribution in [2.24, 2.45) is 0 Å². The first kappa shape index (κ1) is 15.0. The van der Waals surface area contributed by atoms with Gasteiger partial charge in [-0.1, -0.05) is 6.92 Å². The van der Waals surface area contributed by atoms with Crippen LogP contribution in [0.15, 0.2) is 18.5 Å². The van der Waals surface area contributed by atoms with E-state index >= 15 is 0 Å². The van der Waals surface area contributed by atoms with Gasteiger partial charge in [-0.15, -0.1) is 0 Å². The van der Waals surface area contributed by atoms with Gasteiger partial charge in [-0.2, -0.15) is 15.0 Å². The number of rotatable bonds is 7. The van der Waals surface area contributed by atoms with Gasteiger partial charge in [-0.05, 0) is 30.5 Å². The van der Waals surface area contributed by atoms with E-state index in [1.54, 1.807) is 6.20 Å². The van der Waals surface area contributed by atoms with Crippen LogP contribution in [0.4, 0.5) is 11.9 Å². The zero-order valence-corrected chi connectivity index (χ0v) is 12.6. The maximum Gasteiger partial charge on any atom is 0.322 e. The first-order valence-corrected chi connectivity index (χ1v) is 6.90. The summed E-state index contributed by atoms with van der Waals surface area (Å²) in [5.74, 6) is 0.995. The number of pyridine rings is 1. The van der Waals surface area contributed by atoms with Gasteiger partial charge in [0.15, 0.2) is 0 Å². The highest BCUT2D eigenvalue weighted by Crippen LogP contribution is 2.13. The second kappa shape index (κ2) is 7.37. The van der Waals surface area contributed by atoms with Crippen LogP contribution in [0.25, 0.3) is 0 Å². The molecule has 0 bridgehead atoms. The molecule has 7 nitrogen and oxygen atoms in total. The Morgan fingerprint density at radius 2 is 1.90 bits per heavy atom. The van der Waals surface area contributed by atoms with Crippen molar-refractivity contribution in [3.05, 3.63) is 29.6 Å². The summed E-state index contributed by atoms with van der Waals surface area (Å²) in [7, 11) is 1.54. The predicted molar refractivity (Wildman–Crippen MR) is 81.5 cm³/mol. The molecule has 0 amide bonds. The van der Waals surface area contributed by atoms with Crippen LogP contribution >= 0.6 is 0 Å². The van der Waals surface area contributed by atoms with Crippen molar-refractivity contribution < 1.29 is 4.74 Å². The Kier molecular flexibility index (Phi) is 5.25. The molecule has 2 aromatic heterocycles. The molecule has 0 atom stereocenters. The first-order valence-electron chi connectivity index (χ1n) is 6.90. The van der Waals surface area contributed by atoms with Crippen molar-refractivity contribution in [3.8, 4) is 6.01 Å². The number of hydrogen-bond donors (Lipinski definition) is 2. The first-order chi connectivity index (χ1) is 10.2. The molecule has 0 saturated carbocycles. The van der Waals surface area contributed by atoms with Crippen molar-refractivity contribution >= 4 is 11.9 Å². The summed E-state index contributed by atoms with van der Waals surface area (Å²) in [5, 5.41) is 6.31. The average Bonchev–Trinajstić information content (AvgIpc) is 2.52. The van der Waals surface area contributed by atoms with Crippen LogP contribution in [-0.4, -0.2) is 33.6 Å². The highest BCUT2D eigenvalue weighted by Gasteiger charge is 2.07. The number of aryl methyl sites for hydroxylation is 1. The molecule has 0 unspecified atom stereocenters. The van der Waals surface area contributed by atoms with Crippen molar-refractivity contribution in [2.75, 3.05) is 24.3 Å². The molecular formula is C14H20N6O. The molecule has 0 spiro atoms. The molecule has 2 heterocycles. The second-order valence-electron chi connectivity index (χ2n) is 4.55. The Hall–Kier alpha value is -2.44. The highest BCUT2D eigenvalue weighted by molar-refractivity contribution is 5.37. The molecule has 0 aliphatic rings. The summed E-state index contributed by atoms with van der Waals surface area (Å²) in [6, 6.07) is 2.26. The standard InChI is InChI=1S/C14H20N6O/c1-4-6-16-12-18-13(20-14(19-12)21-3)17-9-11-5-7-15-8-10(11)2/h5,7-8H,4,6,9H2,1-3H3,(H2,16,17,18,19,20). The van der Waals surface area contributed by atoms with E-state index in [1.807, 2.05) is 19.2 Å². The van der Waals surface area contributed by atoms with Gasteiger partial charge in [-0.3, -0.25) is 4.98 Å². The van der Waals surface area contributed by atoms with E-state index in [-0.39, 0.29) is 6.01 Å². The molecule has 2 N–H and O–H groups in total. The van der Waals surface area contributed by atoms with E-state index in [4.69, 9.17) is 4.74 Å². The third-order valence-corrected chi connectivity index (χ3v) is 2.90. The lowest BCUT2D eigenvalue weighted by molar-refractivity contribution is 0.379. The SMILES string of the molecule is CCCNc1nc(NCc2ccncc2C)nc(OC)n1. The molecule has 21 heavy (non-hydrogen) atoms. The summed E-state index contributed by atoms with van der Waals surface area (Å²) in [4.78, 5) is 16.7. The number of methoxy groups -OCH3 is 1. The van der Waals surface area contributed by atoms with Crippen LogP contribution in [0.1, 0.15) is 24.5 Å². The lowest BCUT2D eigenvalue weighted by Crippen LogP contribution is -2.11. The molecule has 112 valence electrons. The molecular weight excluding hydrogens is 268 g/mol. The molecule has 0 aliphatic heterocycles. The topological polar surface area (TPSA) is 84.9 Å². The fourth-order valence-electron chi connectivity index (χ4n) is 1.72. The normalized spacial score (nSPS) is 10.2. The van der Waals surface area contributed by atoms with Crippen molar-refractivity contribution in [1.29, 1.82) is 0 Å². The van der Waals surface area contributed by atoms with Crippen molar-refractivity contribution in [3.63, 3.8) is 0 Å². The predicted octanol–water partition coefficient (Wildman–Crippen LogP) is 2.02. The smallest absolute Gasteiger partial charge is 0.322 e. The van der Waals surface area contributed by atoms with Crippen LogP contribution < -0.4 is 15.4 Å². The van der Waals surface area contributed by atoms with Gasteiger partial charge in [0.1, 0.15) is 0 Å². The van der Waals surface area contributed by atoms with Gasteiger partial charge >= 0.3 is 6.01 Å². The summed E-state index contributed by atoms with van der Waals surface area (Å²) in [6.07, 6.45) is 4.60. The van der Waals surface area contributed by atoms with Gasteiger partial charge in [0.2, 0.25) is 11.9 Å². The minimum absolute atomic E-state index is 0.289. The summed E-state index contributed by atoms with van der Waals surface area (Å²) >= 11 is 0. The molecule has 0 aromatic carbocycles. The van der Waals surface area contributed by atoms with Crippen molar-refractivity contribution in [1.82, 2.24) is 19.9 Å². The van der Waals surface area contributed by atoms with Gasteiger partial charge in [-0.25, -0.2) is 0 Å². The molecule has 2 rings (SSSR count). The van der Waals surface area contributed by atoms with Gasteiger partial charge in [0.05, 0.1) is 7.11 Å². The summed E-state index contributed by atoms with van der Waals surface area (Å²) in [5.41, 5.74) is 2.27. The Bertz CT molecular complexity index is 589. The zero-order valence-electron chi connectivity index (χ0n) is 12.6. The van der Waals surface area contributed by atoms with E-state index < -0.39 is 0 Å². The zero-order chi connectivity index (χ0) is 15.1. The maximum absolute atomic E-state index is 5.10. The van der Waals surface area contributed by atoms with Gasteiger partial charge in [0.25, 0.3) is 0 Å². The number of hydrogen-bond acceptors (Lipinski definition) is 7. The summed E-state index contributed by atoms with van der Waals surface area (Å²) < 4.78 is 5.10. The fourth-order valence-corrected chi connectivity index (χ4v) is 1.72. The number of anilines is 2. The number of nitrogens with one attached hydrogen (secondary N) is 2. The van der Waals surface area contributed by atoms with E-state index in [9.17, 15) is 0 Å². The van der Waals surface area contributed by atoms with E-state index in [1.165, 1.54) is 7.11 Å². The third-order valence-electron chi connectivity index (χ3n) is 2.90. The number of aromatic nitrogens is 4. The monoisotopic (exact) mass is 288 g/mol. The molecule has 0 saturated heterocycles. The lowest BCUT2D eigenvalue weighted by Gasteiger charge is -2.10. The van der Waals surface area contributed by atoms with Crippen LogP contribution in [0.5, 0.6) is 6.01 Å². The molecule has 0 radical (unpaired) electrons. The fraction of sp³-hybridized carbons (Fsp3) is 0.429. The Morgan fingerprint density at radius 3 is 2.57 bits per heavy atom. The third kappa shape index (κ3) is 4.27. The van der Waals surface area contributed by atoms with Crippen molar-refractivity contribution in [2.45, 2.75) is 26.8 Å². The van der Waals surface area contributed by atoms with Crippen LogP contribution in [0.2, 0.25) is 0 Å². The molecule has 0 fully saturated rings. The van der Waals surface area contributed by atoms with Gasteiger partial charge in [0, 0.05) is 25.5 Å². The maximum atomic E-state index is 5.10. The molecule has 7 heteroatoms. The van der Waals surface area contributed by atoms with Gasteiger partial charge < -0.3 is 15.4 Å². The molecule has 2 aromatic rings. The Morgan fingerprint density at radius 1 is 1.14 bits per heavy atom. The Labute approximate surface area is 124 Å². The highest BCUT2D eigenvalue weighted by atomic mass is 16.5. The van der Waals surface area contributed by atoms with Crippen LogP contribution in [-0.2, 0) is 6.54 Å². The summed E-state index contributed by atoms with van der Waals surface area (Å²) in [6.45, 7) is 5.52. The minimum Gasteiger partial charge on any atom is -0.467 e. The van der Waals surface area contributed by atoms with E-state index in [2.05, 4.69) is 37.5 Å². The largest absolute Gasteiger partial charge is 0.467 e. The van der Waals surface area contributed by atoms with E-state index in [0.717, 1.165) is 24.1 Å².